The van der Waals surface area contributed by atoms with E-state index in [0.717, 1.165) is 17.6 Å². The highest BCUT2D eigenvalue weighted by Crippen LogP contribution is 2.28. The van der Waals surface area contributed by atoms with E-state index < -0.39 is 5.82 Å². The van der Waals surface area contributed by atoms with Gasteiger partial charge in [0.1, 0.15) is 17.2 Å². The average Bonchev–Trinajstić information content (AvgIpc) is 2.94. The standard InChI is InChI=1S/C19H18FN5O/c1-10(2)8-25-9-12(11-4-3-5-22-18(11)25)17-19(26)24-16-7-14(21)13(20)6-15(16)23-17/h3-7,9-10H,8,21H2,1-2H3,(H,24,26). The van der Waals surface area contributed by atoms with Crippen molar-refractivity contribution in [3.05, 3.63) is 52.8 Å². The van der Waals surface area contributed by atoms with Crippen LogP contribution in [0.2, 0.25) is 0 Å². The molecular formula is C19H18FN5O. The minimum absolute atomic E-state index is 0.0274. The lowest BCUT2D eigenvalue weighted by molar-refractivity contribution is 0.533. The Balaban J connectivity index is 1.99. The van der Waals surface area contributed by atoms with Gasteiger partial charge in [0.15, 0.2) is 0 Å². The van der Waals surface area contributed by atoms with E-state index in [1.807, 2.05) is 22.9 Å². The number of aromatic nitrogens is 4. The van der Waals surface area contributed by atoms with E-state index in [1.165, 1.54) is 12.1 Å². The first-order valence-corrected chi connectivity index (χ1v) is 8.37. The quantitative estimate of drug-likeness (QED) is 0.554. The molecule has 3 heterocycles. The highest BCUT2D eigenvalue weighted by Gasteiger charge is 2.17. The van der Waals surface area contributed by atoms with Gasteiger partial charge in [-0.2, -0.15) is 0 Å². The fourth-order valence-electron chi connectivity index (χ4n) is 3.15. The average molecular weight is 351 g/mol. The molecule has 0 aliphatic rings. The lowest BCUT2D eigenvalue weighted by atomic mass is 10.1. The number of hydrogen-bond donors (Lipinski definition) is 2. The summed E-state index contributed by atoms with van der Waals surface area (Å²) in [5.74, 6) is -0.146. The van der Waals surface area contributed by atoms with E-state index in [0.29, 0.717) is 22.5 Å². The number of nitrogens with one attached hydrogen (secondary N) is 1. The SMILES string of the molecule is CC(C)Cn1cc(-c2nc3cc(F)c(N)cc3[nH]c2=O)c2cccnc21. The number of aromatic amines is 1. The normalized spacial score (nSPS) is 11.7. The van der Waals surface area contributed by atoms with Gasteiger partial charge in [-0.25, -0.2) is 14.4 Å². The molecular weight excluding hydrogens is 333 g/mol. The molecule has 4 aromatic rings. The van der Waals surface area contributed by atoms with Crippen LogP contribution in [-0.4, -0.2) is 19.5 Å². The minimum atomic E-state index is -0.563. The van der Waals surface area contributed by atoms with Gasteiger partial charge in [-0.3, -0.25) is 4.79 Å². The number of nitrogens with zero attached hydrogens (tertiary/aromatic N) is 3. The molecule has 0 aliphatic carbocycles. The van der Waals surface area contributed by atoms with Crippen molar-refractivity contribution in [2.75, 3.05) is 5.73 Å². The highest BCUT2D eigenvalue weighted by atomic mass is 19.1. The Morgan fingerprint density at radius 3 is 2.92 bits per heavy atom. The molecule has 0 radical (unpaired) electrons. The monoisotopic (exact) mass is 351 g/mol. The van der Waals surface area contributed by atoms with Crippen molar-refractivity contribution in [1.82, 2.24) is 19.5 Å². The summed E-state index contributed by atoms with van der Waals surface area (Å²) in [6.45, 7) is 5.00. The van der Waals surface area contributed by atoms with Gasteiger partial charge in [-0.15, -0.1) is 0 Å². The van der Waals surface area contributed by atoms with Crippen LogP contribution in [0.4, 0.5) is 10.1 Å². The Labute approximate surface area is 148 Å². The molecule has 7 heteroatoms. The largest absolute Gasteiger partial charge is 0.396 e. The van der Waals surface area contributed by atoms with Crippen molar-refractivity contribution in [2.24, 2.45) is 5.92 Å². The molecule has 0 saturated heterocycles. The molecule has 0 atom stereocenters. The summed E-state index contributed by atoms with van der Waals surface area (Å²) in [6.07, 6.45) is 3.61. The maximum Gasteiger partial charge on any atom is 0.275 e. The van der Waals surface area contributed by atoms with E-state index in [-0.39, 0.29) is 16.9 Å². The van der Waals surface area contributed by atoms with Gasteiger partial charge in [-0.1, -0.05) is 13.8 Å². The van der Waals surface area contributed by atoms with Crippen molar-refractivity contribution in [2.45, 2.75) is 20.4 Å². The van der Waals surface area contributed by atoms with Crippen LogP contribution in [0.25, 0.3) is 33.3 Å². The summed E-state index contributed by atoms with van der Waals surface area (Å²) < 4.78 is 15.8. The Morgan fingerprint density at radius 1 is 1.35 bits per heavy atom. The molecule has 26 heavy (non-hydrogen) atoms. The first kappa shape index (κ1) is 16.3. The van der Waals surface area contributed by atoms with Crippen molar-refractivity contribution >= 4 is 27.8 Å². The number of hydrogen-bond acceptors (Lipinski definition) is 4. The van der Waals surface area contributed by atoms with E-state index in [1.54, 1.807) is 6.20 Å². The zero-order valence-corrected chi connectivity index (χ0v) is 14.5. The number of benzene rings is 1. The van der Waals surface area contributed by atoms with E-state index >= 15 is 0 Å². The smallest absolute Gasteiger partial charge is 0.275 e. The number of pyridine rings is 1. The summed E-state index contributed by atoms with van der Waals surface area (Å²) >= 11 is 0. The minimum Gasteiger partial charge on any atom is -0.396 e. The summed E-state index contributed by atoms with van der Waals surface area (Å²) in [7, 11) is 0. The molecule has 1 aromatic carbocycles. The number of halogens is 1. The van der Waals surface area contributed by atoms with E-state index in [2.05, 4.69) is 28.8 Å². The van der Waals surface area contributed by atoms with Crippen LogP contribution in [0.15, 0.2) is 41.5 Å². The van der Waals surface area contributed by atoms with Gasteiger partial charge in [0.2, 0.25) is 0 Å². The van der Waals surface area contributed by atoms with Gasteiger partial charge in [-0.05, 0) is 24.1 Å². The van der Waals surface area contributed by atoms with Crippen molar-refractivity contribution in [1.29, 1.82) is 0 Å². The molecule has 0 spiro atoms. The Kier molecular flexibility index (Phi) is 3.72. The maximum atomic E-state index is 13.8. The fourth-order valence-corrected chi connectivity index (χ4v) is 3.15. The van der Waals surface area contributed by atoms with Gasteiger partial charge < -0.3 is 15.3 Å². The number of anilines is 1. The summed E-state index contributed by atoms with van der Waals surface area (Å²) in [6, 6.07) is 6.34. The topological polar surface area (TPSA) is 89.6 Å². The van der Waals surface area contributed by atoms with Gasteiger partial charge in [0.05, 0.1) is 16.7 Å². The lowest BCUT2D eigenvalue weighted by Gasteiger charge is -2.06. The van der Waals surface area contributed by atoms with Crippen LogP contribution in [0.1, 0.15) is 13.8 Å². The second-order valence-electron chi connectivity index (χ2n) is 6.77. The van der Waals surface area contributed by atoms with Crippen LogP contribution in [-0.2, 0) is 6.54 Å². The Hall–Kier alpha value is -3.22. The predicted octanol–water partition coefficient (Wildman–Crippen LogP) is 3.32. The number of fused-ring (bicyclic) bond motifs is 2. The lowest BCUT2D eigenvalue weighted by Crippen LogP contribution is -2.12. The molecule has 132 valence electrons. The first-order chi connectivity index (χ1) is 12.4. The molecule has 0 unspecified atom stereocenters. The maximum absolute atomic E-state index is 13.8. The number of nitrogen functional groups attached to an aromatic ring is 1. The third kappa shape index (κ3) is 2.61. The van der Waals surface area contributed by atoms with E-state index in [9.17, 15) is 9.18 Å². The van der Waals surface area contributed by atoms with Crippen LogP contribution < -0.4 is 11.3 Å². The van der Waals surface area contributed by atoms with Crippen molar-refractivity contribution in [3.63, 3.8) is 0 Å². The second kappa shape index (κ2) is 5.94. The molecule has 6 nitrogen and oxygen atoms in total. The van der Waals surface area contributed by atoms with Gasteiger partial charge >= 0.3 is 0 Å². The van der Waals surface area contributed by atoms with Crippen molar-refractivity contribution < 1.29 is 4.39 Å². The zero-order valence-electron chi connectivity index (χ0n) is 14.5. The van der Waals surface area contributed by atoms with Crippen molar-refractivity contribution in [3.8, 4) is 11.3 Å². The molecule has 0 bridgehead atoms. The third-order valence-corrected chi connectivity index (χ3v) is 4.26. The molecule has 3 aromatic heterocycles. The van der Waals surface area contributed by atoms with Gasteiger partial charge in [0, 0.05) is 36.0 Å². The second-order valence-corrected chi connectivity index (χ2v) is 6.77. The van der Waals surface area contributed by atoms with Crippen LogP contribution in [0, 0.1) is 11.7 Å². The summed E-state index contributed by atoms with van der Waals surface area (Å²) in [5, 5.41) is 0.835. The molecule has 0 fully saturated rings. The zero-order chi connectivity index (χ0) is 18.4. The molecule has 4 rings (SSSR count). The third-order valence-electron chi connectivity index (χ3n) is 4.26. The summed E-state index contributed by atoms with van der Waals surface area (Å²) in [5.41, 5.74) is 7.65. The molecule has 3 N–H and O–H groups in total. The molecule has 0 aliphatic heterocycles. The predicted molar refractivity (Wildman–Crippen MR) is 100 cm³/mol. The molecule has 0 saturated carbocycles. The Morgan fingerprint density at radius 2 is 2.15 bits per heavy atom. The van der Waals surface area contributed by atoms with Crippen LogP contribution in [0.3, 0.4) is 0 Å². The first-order valence-electron chi connectivity index (χ1n) is 8.37. The highest BCUT2D eigenvalue weighted by molar-refractivity contribution is 5.94. The van der Waals surface area contributed by atoms with Crippen LogP contribution in [0.5, 0.6) is 0 Å². The number of H-pyrrole nitrogens is 1. The Bertz CT molecular complexity index is 1190. The summed E-state index contributed by atoms with van der Waals surface area (Å²) in [4.78, 5) is 24.2. The number of rotatable bonds is 3. The van der Waals surface area contributed by atoms with Gasteiger partial charge in [0.25, 0.3) is 5.56 Å². The molecule has 0 amide bonds. The van der Waals surface area contributed by atoms with E-state index in [4.69, 9.17) is 5.73 Å². The fraction of sp³-hybridized carbons (Fsp3) is 0.211. The number of nitrogens with two attached hydrogens (primary N) is 1. The van der Waals surface area contributed by atoms with Crippen LogP contribution >= 0.6 is 0 Å².